The molecular formula is C20H23FN4O2. The Morgan fingerprint density at radius 3 is 2.63 bits per heavy atom. The first-order valence-corrected chi connectivity index (χ1v) is 9.27. The number of nitrogens with zero attached hydrogens (tertiary/aromatic N) is 2. The van der Waals surface area contributed by atoms with Crippen molar-refractivity contribution < 1.29 is 13.9 Å². The molecule has 7 heteroatoms. The number of anilines is 1. The second-order valence-electron chi connectivity index (χ2n) is 7.25. The molecule has 1 saturated carbocycles. The van der Waals surface area contributed by atoms with Crippen LogP contribution in [0.1, 0.15) is 43.0 Å². The van der Waals surface area contributed by atoms with Crippen LogP contribution in [0.15, 0.2) is 30.5 Å². The van der Waals surface area contributed by atoms with E-state index >= 15 is 0 Å². The van der Waals surface area contributed by atoms with Gasteiger partial charge < -0.3 is 10.1 Å². The maximum Gasteiger partial charge on any atom is 0.343 e. The third-order valence-corrected chi connectivity index (χ3v) is 5.34. The van der Waals surface area contributed by atoms with E-state index in [0.717, 1.165) is 30.1 Å². The number of methoxy groups -OCH3 is 1. The Labute approximate surface area is 156 Å². The zero-order valence-corrected chi connectivity index (χ0v) is 15.5. The molecule has 1 fully saturated rings. The van der Waals surface area contributed by atoms with Gasteiger partial charge in [0.2, 0.25) is 0 Å². The summed E-state index contributed by atoms with van der Waals surface area (Å²) >= 11 is 0. The van der Waals surface area contributed by atoms with Gasteiger partial charge in [-0.15, -0.1) is 0 Å². The second kappa shape index (κ2) is 7.06. The van der Waals surface area contributed by atoms with E-state index in [1.807, 2.05) is 0 Å². The van der Waals surface area contributed by atoms with E-state index in [0.29, 0.717) is 22.9 Å². The number of benzene rings is 1. The van der Waals surface area contributed by atoms with Crippen LogP contribution in [-0.4, -0.2) is 33.7 Å². The van der Waals surface area contributed by atoms with Gasteiger partial charge in [-0.25, -0.2) is 18.7 Å². The number of hydrogen-bond acceptors (Lipinski definition) is 4. The molecule has 2 aromatic heterocycles. The minimum Gasteiger partial charge on any atom is -0.465 e. The predicted molar refractivity (Wildman–Crippen MR) is 101 cm³/mol. The summed E-state index contributed by atoms with van der Waals surface area (Å²) in [5, 5.41) is 6.69. The fourth-order valence-corrected chi connectivity index (χ4v) is 3.72. The third kappa shape index (κ3) is 3.29. The van der Waals surface area contributed by atoms with Crippen LogP contribution in [0.3, 0.4) is 0 Å². The molecule has 1 aliphatic rings. The van der Waals surface area contributed by atoms with E-state index in [4.69, 9.17) is 4.74 Å². The molecule has 4 rings (SSSR count). The zero-order valence-electron chi connectivity index (χ0n) is 15.5. The topological polar surface area (TPSA) is 71.4 Å². The summed E-state index contributed by atoms with van der Waals surface area (Å²) < 4.78 is 20.0. The molecule has 1 aromatic carbocycles. The van der Waals surface area contributed by atoms with Gasteiger partial charge in [0.25, 0.3) is 0 Å². The van der Waals surface area contributed by atoms with Crippen LogP contribution >= 0.6 is 0 Å². The molecule has 1 aliphatic carbocycles. The Morgan fingerprint density at radius 1 is 1.26 bits per heavy atom. The van der Waals surface area contributed by atoms with Crippen LogP contribution in [0.5, 0.6) is 0 Å². The predicted octanol–water partition coefficient (Wildman–Crippen LogP) is 4.25. The van der Waals surface area contributed by atoms with E-state index in [1.54, 1.807) is 22.8 Å². The number of aromatic nitrogens is 3. The summed E-state index contributed by atoms with van der Waals surface area (Å²) in [6.07, 6.45) is 6.13. The minimum atomic E-state index is -0.449. The van der Waals surface area contributed by atoms with E-state index in [9.17, 15) is 9.18 Å². The summed E-state index contributed by atoms with van der Waals surface area (Å²) in [4.78, 5) is 16.7. The first-order valence-electron chi connectivity index (χ1n) is 9.27. The van der Waals surface area contributed by atoms with Gasteiger partial charge in [0.15, 0.2) is 11.5 Å². The number of imidazole rings is 1. The maximum atomic E-state index is 13.4. The minimum absolute atomic E-state index is 0.297. The number of hydrogen-bond donors (Lipinski definition) is 2. The summed E-state index contributed by atoms with van der Waals surface area (Å²) in [6.45, 7) is 2.28. The normalized spacial score (nSPS) is 20.0. The van der Waals surface area contributed by atoms with E-state index in [1.165, 1.54) is 32.1 Å². The van der Waals surface area contributed by atoms with Gasteiger partial charge in [-0.1, -0.05) is 6.92 Å². The van der Waals surface area contributed by atoms with Crippen molar-refractivity contribution in [1.29, 1.82) is 0 Å². The van der Waals surface area contributed by atoms with Gasteiger partial charge in [-0.2, -0.15) is 0 Å². The van der Waals surface area contributed by atoms with Gasteiger partial charge >= 0.3 is 5.97 Å². The maximum absolute atomic E-state index is 13.4. The Bertz CT molecular complexity index is 952. The van der Waals surface area contributed by atoms with Crippen LogP contribution < -0.4 is 5.32 Å². The first kappa shape index (κ1) is 17.6. The van der Waals surface area contributed by atoms with Crippen LogP contribution in [0, 0.1) is 11.7 Å². The highest BCUT2D eigenvalue weighted by molar-refractivity contribution is 5.97. The van der Waals surface area contributed by atoms with Crippen molar-refractivity contribution >= 4 is 17.4 Å². The molecule has 0 spiro atoms. The number of nitrogens with one attached hydrogen (secondary N) is 2. The van der Waals surface area contributed by atoms with Crippen LogP contribution in [0.25, 0.3) is 16.9 Å². The van der Waals surface area contributed by atoms with E-state index < -0.39 is 5.97 Å². The molecule has 27 heavy (non-hydrogen) atoms. The lowest BCUT2D eigenvalue weighted by atomic mass is 9.87. The van der Waals surface area contributed by atoms with Crippen molar-refractivity contribution in [1.82, 2.24) is 14.6 Å². The van der Waals surface area contributed by atoms with Crippen molar-refractivity contribution in [2.24, 2.45) is 5.92 Å². The van der Waals surface area contributed by atoms with E-state index in [2.05, 4.69) is 22.3 Å². The highest BCUT2D eigenvalue weighted by atomic mass is 19.1. The Balaban J connectivity index is 1.78. The Kier molecular flexibility index (Phi) is 4.59. The van der Waals surface area contributed by atoms with E-state index in [-0.39, 0.29) is 5.82 Å². The fraction of sp³-hybridized carbons (Fsp3) is 0.400. The molecular weight excluding hydrogens is 347 g/mol. The Hall–Kier alpha value is -2.83. The van der Waals surface area contributed by atoms with Crippen molar-refractivity contribution in [3.63, 3.8) is 0 Å². The van der Waals surface area contributed by atoms with Crippen LogP contribution in [0.2, 0.25) is 0 Å². The number of H-pyrrole nitrogens is 1. The van der Waals surface area contributed by atoms with Gasteiger partial charge in [-0.05, 0) is 55.9 Å². The fourth-order valence-electron chi connectivity index (χ4n) is 3.72. The molecule has 2 heterocycles. The van der Waals surface area contributed by atoms with Crippen LogP contribution in [0.4, 0.5) is 10.2 Å². The summed E-state index contributed by atoms with van der Waals surface area (Å²) in [7, 11) is 1.35. The van der Waals surface area contributed by atoms with Crippen molar-refractivity contribution in [3.05, 3.63) is 41.8 Å². The Morgan fingerprint density at radius 2 is 1.96 bits per heavy atom. The molecule has 0 atom stereocenters. The van der Waals surface area contributed by atoms with Crippen molar-refractivity contribution in [2.75, 3.05) is 12.4 Å². The summed E-state index contributed by atoms with van der Waals surface area (Å²) in [6, 6.07) is 6.56. The highest BCUT2D eigenvalue weighted by Gasteiger charge is 2.25. The van der Waals surface area contributed by atoms with Crippen molar-refractivity contribution in [2.45, 2.75) is 38.6 Å². The molecule has 0 radical (unpaired) electrons. The number of esters is 1. The lowest BCUT2D eigenvalue weighted by Gasteiger charge is -2.27. The second-order valence-corrected chi connectivity index (χ2v) is 7.25. The molecule has 0 saturated heterocycles. The number of fused-ring (bicyclic) bond motifs is 1. The monoisotopic (exact) mass is 370 g/mol. The highest BCUT2D eigenvalue weighted by Crippen LogP contribution is 2.33. The van der Waals surface area contributed by atoms with Gasteiger partial charge in [0.05, 0.1) is 7.11 Å². The molecule has 142 valence electrons. The zero-order chi connectivity index (χ0) is 19.0. The average Bonchev–Trinajstić information content (AvgIpc) is 3.24. The lowest BCUT2D eigenvalue weighted by molar-refractivity contribution is 0.0602. The third-order valence-electron chi connectivity index (χ3n) is 5.34. The standard InChI is InChI=1S/C20H23FN4O2/c1-12-3-9-15(10-4-12)23-19-17(13-5-7-14(21)8-6-13)24-18-16(20(26)27-2)11-22-25(18)19/h5-8,11-12,15,22-23H,3-4,9-10H2,1-2H3. The quantitative estimate of drug-likeness (QED) is 0.674. The van der Waals surface area contributed by atoms with Crippen molar-refractivity contribution in [3.8, 4) is 11.3 Å². The van der Waals surface area contributed by atoms with Gasteiger partial charge in [0.1, 0.15) is 17.1 Å². The molecule has 0 bridgehead atoms. The molecule has 0 aliphatic heterocycles. The number of carbonyl (C=O) groups excluding carboxylic acids is 1. The first-order chi connectivity index (χ1) is 13.1. The largest absolute Gasteiger partial charge is 0.465 e. The van der Waals surface area contributed by atoms with Crippen LogP contribution in [-0.2, 0) is 4.74 Å². The number of aromatic amines is 1. The summed E-state index contributed by atoms with van der Waals surface area (Å²) in [5.41, 5.74) is 2.33. The lowest BCUT2D eigenvalue weighted by Crippen LogP contribution is -2.26. The van der Waals surface area contributed by atoms with Gasteiger partial charge in [-0.3, -0.25) is 5.10 Å². The average molecular weight is 370 g/mol. The number of halogens is 1. The number of rotatable bonds is 4. The number of carbonyl (C=O) groups is 1. The molecule has 3 aromatic rings. The molecule has 2 N–H and O–H groups in total. The number of ether oxygens (including phenoxy) is 1. The van der Waals surface area contributed by atoms with Gasteiger partial charge in [0, 0.05) is 17.8 Å². The summed E-state index contributed by atoms with van der Waals surface area (Å²) in [5.74, 6) is 0.789. The smallest absolute Gasteiger partial charge is 0.343 e. The molecule has 6 nitrogen and oxygen atoms in total. The molecule has 0 unspecified atom stereocenters. The SMILES string of the molecule is COC(=O)c1c[nH]n2c(NC3CCC(C)CC3)c(-c3ccc(F)cc3)nc12. The molecule has 0 amide bonds.